The molecule has 150 valence electrons. The second kappa shape index (κ2) is 6.96. The van der Waals surface area contributed by atoms with Gasteiger partial charge in [0.2, 0.25) is 10.0 Å². The number of sulfonamides is 1. The maximum atomic E-state index is 12.7. The van der Waals surface area contributed by atoms with E-state index in [1.54, 1.807) is 29.6 Å². The van der Waals surface area contributed by atoms with E-state index in [1.165, 1.54) is 23.5 Å². The largest absolute Gasteiger partial charge is 0.416 e. The van der Waals surface area contributed by atoms with E-state index in [2.05, 4.69) is 4.98 Å². The van der Waals surface area contributed by atoms with Crippen molar-refractivity contribution in [2.75, 3.05) is 0 Å². The summed E-state index contributed by atoms with van der Waals surface area (Å²) in [4.78, 5) is 17.0. The molecule has 1 aliphatic rings. The molecule has 0 bridgehead atoms. The Bertz CT molecular complexity index is 1190. The molecule has 0 radical (unpaired) electrons. The van der Waals surface area contributed by atoms with Gasteiger partial charge in [-0.15, -0.1) is 11.3 Å². The summed E-state index contributed by atoms with van der Waals surface area (Å²) in [5.74, 6) is -0.888. The Morgan fingerprint density at radius 3 is 2.45 bits per heavy atom. The van der Waals surface area contributed by atoms with Gasteiger partial charge in [0, 0.05) is 16.5 Å². The summed E-state index contributed by atoms with van der Waals surface area (Å²) in [6, 6.07) is 11.1. The van der Waals surface area contributed by atoms with Gasteiger partial charge in [-0.05, 0) is 23.8 Å². The number of hydrogen-bond donors (Lipinski definition) is 0. The van der Waals surface area contributed by atoms with Crippen LogP contribution in [0.2, 0.25) is 0 Å². The lowest BCUT2D eigenvalue weighted by Gasteiger charge is -2.27. The first-order valence-corrected chi connectivity index (χ1v) is 10.9. The van der Waals surface area contributed by atoms with Gasteiger partial charge in [0.1, 0.15) is 5.01 Å². The van der Waals surface area contributed by atoms with Gasteiger partial charge in [-0.25, -0.2) is 17.7 Å². The molecule has 29 heavy (non-hydrogen) atoms. The van der Waals surface area contributed by atoms with Crippen molar-refractivity contribution in [3.05, 3.63) is 76.3 Å². The minimum absolute atomic E-state index is 0.230. The number of amides is 1. The highest BCUT2D eigenvalue weighted by Gasteiger charge is 2.36. The van der Waals surface area contributed by atoms with Crippen molar-refractivity contribution in [1.29, 1.82) is 0 Å². The van der Waals surface area contributed by atoms with Gasteiger partial charge in [-0.3, -0.25) is 4.79 Å². The normalized spacial score (nSPS) is 16.0. The van der Waals surface area contributed by atoms with Crippen LogP contribution >= 0.6 is 11.3 Å². The molecule has 0 spiro atoms. The monoisotopic (exact) mass is 438 g/mol. The number of thiazole rings is 1. The highest BCUT2D eigenvalue weighted by Crippen LogP contribution is 2.32. The number of hydrogen-bond acceptors (Lipinski definition) is 5. The van der Waals surface area contributed by atoms with Crippen LogP contribution < -0.4 is 0 Å². The van der Waals surface area contributed by atoms with Crippen LogP contribution in [-0.2, 0) is 28.5 Å². The smallest absolute Gasteiger partial charge is 0.268 e. The zero-order valence-electron chi connectivity index (χ0n) is 14.7. The fraction of sp³-hybridized carbons (Fsp3) is 0.158. The molecule has 0 aliphatic carbocycles. The topological polar surface area (TPSA) is 67.3 Å². The predicted octanol–water partition coefficient (Wildman–Crippen LogP) is 4.31. The molecule has 10 heteroatoms. The molecule has 3 aromatic rings. The van der Waals surface area contributed by atoms with E-state index >= 15 is 0 Å². The van der Waals surface area contributed by atoms with E-state index in [9.17, 15) is 26.4 Å². The number of carbonyl (C=O) groups excluding carboxylic acids is 1. The van der Waals surface area contributed by atoms with Crippen LogP contribution in [0, 0.1) is 0 Å². The first-order valence-electron chi connectivity index (χ1n) is 8.40. The minimum Gasteiger partial charge on any atom is -0.268 e. The number of nitrogens with zero attached hydrogens (tertiary/aromatic N) is 2. The molecular formula is C19H13F3N2O3S2. The van der Waals surface area contributed by atoms with E-state index in [0.717, 1.165) is 16.4 Å². The van der Waals surface area contributed by atoms with Gasteiger partial charge >= 0.3 is 6.18 Å². The Labute approximate surface area is 168 Å². The van der Waals surface area contributed by atoms with Gasteiger partial charge in [0.05, 0.1) is 23.6 Å². The summed E-state index contributed by atoms with van der Waals surface area (Å²) in [7, 11) is -3.84. The Morgan fingerprint density at radius 2 is 1.76 bits per heavy atom. The molecule has 0 fully saturated rings. The molecule has 0 saturated heterocycles. The number of halogens is 3. The third-order valence-corrected chi connectivity index (χ3v) is 7.05. The maximum Gasteiger partial charge on any atom is 0.416 e. The lowest BCUT2D eigenvalue weighted by molar-refractivity contribution is -0.137. The summed E-state index contributed by atoms with van der Waals surface area (Å²) in [5.41, 5.74) is 0.855. The molecule has 0 atom stereocenters. The fourth-order valence-electron chi connectivity index (χ4n) is 3.02. The molecule has 5 nitrogen and oxygen atoms in total. The van der Waals surface area contributed by atoms with E-state index in [-0.39, 0.29) is 12.3 Å². The number of aromatic nitrogens is 1. The van der Waals surface area contributed by atoms with Crippen LogP contribution in [0.1, 0.15) is 27.2 Å². The first kappa shape index (κ1) is 19.6. The second-order valence-electron chi connectivity index (χ2n) is 6.44. The first-order chi connectivity index (χ1) is 13.6. The fourth-order valence-corrected chi connectivity index (χ4v) is 5.32. The van der Waals surface area contributed by atoms with Crippen molar-refractivity contribution < 1.29 is 26.4 Å². The van der Waals surface area contributed by atoms with Gasteiger partial charge in [-0.2, -0.15) is 13.2 Å². The van der Waals surface area contributed by atoms with Crippen LogP contribution in [0.3, 0.4) is 0 Å². The number of alkyl halides is 3. The Morgan fingerprint density at radius 1 is 1.07 bits per heavy atom. The predicted molar refractivity (Wildman–Crippen MR) is 101 cm³/mol. The molecule has 4 rings (SSSR count). The summed E-state index contributed by atoms with van der Waals surface area (Å²) >= 11 is 1.17. The zero-order valence-corrected chi connectivity index (χ0v) is 16.3. The number of fused-ring (bicyclic) bond motifs is 1. The quantitative estimate of drug-likeness (QED) is 0.611. The zero-order chi connectivity index (χ0) is 20.8. The van der Waals surface area contributed by atoms with Crippen molar-refractivity contribution in [2.45, 2.75) is 18.5 Å². The molecule has 1 amide bonds. The Balaban J connectivity index is 1.59. The molecule has 2 heterocycles. The number of benzene rings is 2. The number of carbonyl (C=O) groups is 1. The lowest BCUT2D eigenvalue weighted by atomic mass is 10.1. The number of rotatable bonds is 3. The van der Waals surface area contributed by atoms with Crippen LogP contribution in [0.25, 0.3) is 10.6 Å². The van der Waals surface area contributed by atoms with Crippen LogP contribution in [0.4, 0.5) is 13.2 Å². The third-order valence-electron chi connectivity index (χ3n) is 4.46. The molecule has 2 aromatic carbocycles. The molecule has 1 aromatic heterocycles. The SMILES string of the molecule is O=C1c2ccccc2CS(=O)(=O)N1Cc1csc(-c2ccc(C(F)(F)F)cc2)n1. The molecule has 0 saturated carbocycles. The minimum atomic E-state index is -4.42. The highest BCUT2D eigenvalue weighted by molar-refractivity contribution is 7.89. The summed E-state index contributed by atoms with van der Waals surface area (Å²) in [5, 5.41) is 2.03. The van der Waals surface area contributed by atoms with Gasteiger partial charge < -0.3 is 0 Å². The van der Waals surface area contributed by atoms with Crippen LogP contribution in [0.15, 0.2) is 53.9 Å². The molecule has 0 unspecified atom stereocenters. The summed E-state index contributed by atoms with van der Waals surface area (Å²) < 4.78 is 64.0. The van der Waals surface area contributed by atoms with Crippen LogP contribution in [0.5, 0.6) is 0 Å². The standard InChI is InChI=1S/C19H13F3N2O3S2/c20-19(21,22)14-7-5-12(6-8-14)17-23-15(10-28-17)9-24-18(25)16-4-2-1-3-13(16)11-29(24,26)27/h1-8,10H,9,11H2. The van der Waals surface area contributed by atoms with Gasteiger partial charge in [0.15, 0.2) is 0 Å². The molecular weight excluding hydrogens is 425 g/mol. The summed E-state index contributed by atoms with van der Waals surface area (Å²) in [6.07, 6.45) is -4.42. The van der Waals surface area contributed by atoms with Crippen molar-refractivity contribution in [2.24, 2.45) is 0 Å². The van der Waals surface area contributed by atoms with E-state index in [0.29, 0.717) is 27.4 Å². The highest BCUT2D eigenvalue weighted by atomic mass is 32.2. The van der Waals surface area contributed by atoms with Crippen molar-refractivity contribution in [3.63, 3.8) is 0 Å². The average Bonchev–Trinajstić information content (AvgIpc) is 3.13. The summed E-state index contributed by atoms with van der Waals surface area (Å²) in [6.45, 7) is -0.230. The van der Waals surface area contributed by atoms with Crippen molar-refractivity contribution >= 4 is 27.3 Å². The van der Waals surface area contributed by atoms with Gasteiger partial charge in [-0.1, -0.05) is 30.3 Å². The van der Waals surface area contributed by atoms with Crippen molar-refractivity contribution in [3.8, 4) is 10.6 Å². The maximum absolute atomic E-state index is 12.7. The lowest BCUT2D eigenvalue weighted by Crippen LogP contribution is -2.41. The Kier molecular flexibility index (Phi) is 4.70. The Hall–Kier alpha value is -2.72. The average molecular weight is 438 g/mol. The molecule has 0 N–H and O–H groups in total. The molecule has 1 aliphatic heterocycles. The van der Waals surface area contributed by atoms with E-state index < -0.39 is 27.7 Å². The van der Waals surface area contributed by atoms with Crippen molar-refractivity contribution in [1.82, 2.24) is 9.29 Å². The van der Waals surface area contributed by atoms with Crippen LogP contribution in [-0.4, -0.2) is 23.6 Å². The van der Waals surface area contributed by atoms with E-state index in [4.69, 9.17) is 0 Å². The second-order valence-corrected chi connectivity index (χ2v) is 9.20. The van der Waals surface area contributed by atoms with E-state index in [1.807, 2.05) is 0 Å². The van der Waals surface area contributed by atoms with Gasteiger partial charge in [0.25, 0.3) is 5.91 Å². The third kappa shape index (κ3) is 3.77.